The molecule has 0 aromatic rings. The summed E-state index contributed by atoms with van der Waals surface area (Å²) < 4.78 is 0. The van der Waals surface area contributed by atoms with Gasteiger partial charge in [0, 0.05) is 0 Å². The van der Waals surface area contributed by atoms with Gasteiger partial charge in [-0.05, 0) is 25.7 Å². The van der Waals surface area contributed by atoms with Crippen molar-refractivity contribution < 1.29 is 52.8 Å². The van der Waals surface area contributed by atoms with Gasteiger partial charge in [-0.3, -0.25) is 0 Å². The molecule has 116 valence electrons. The van der Waals surface area contributed by atoms with Crippen LogP contribution in [0.3, 0.4) is 0 Å². The van der Waals surface area contributed by atoms with E-state index in [4.69, 9.17) is 0 Å². The maximum Gasteiger partial charge on any atom is 1.00 e. The van der Waals surface area contributed by atoms with Gasteiger partial charge in [-0.1, -0.05) is 96.6 Å². The molecule has 0 saturated heterocycles. The van der Waals surface area contributed by atoms with Crippen molar-refractivity contribution in [2.45, 2.75) is 110 Å². The van der Waals surface area contributed by atoms with E-state index in [1.54, 1.807) is 0 Å². The van der Waals surface area contributed by atoms with E-state index in [2.05, 4.69) is 26.0 Å². The first-order valence-electron chi connectivity index (χ1n) is 9.06. The van der Waals surface area contributed by atoms with Gasteiger partial charge in [0.15, 0.2) is 0 Å². The van der Waals surface area contributed by atoms with E-state index in [0.717, 1.165) is 0 Å². The van der Waals surface area contributed by atoms with Gasteiger partial charge < -0.3 is 1.43 Å². The first kappa shape index (κ1) is 23.6. The van der Waals surface area contributed by atoms with Crippen LogP contribution in [0.5, 0.6) is 0 Å². The van der Waals surface area contributed by atoms with Crippen LogP contribution in [0.1, 0.15) is 112 Å². The zero-order valence-corrected chi connectivity index (χ0v) is 17.9. The van der Waals surface area contributed by atoms with Crippen LogP contribution in [0.4, 0.5) is 0 Å². The molecule has 0 fully saturated rings. The fraction of sp³-hybridized carbons (Fsp3) is 0.895. The van der Waals surface area contributed by atoms with Crippen LogP contribution in [-0.2, 0) is 0 Å². The third-order valence-electron chi connectivity index (χ3n) is 3.87. The van der Waals surface area contributed by atoms with Gasteiger partial charge in [0.2, 0.25) is 0 Å². The van der Waals surface area contributed by atoms with Gasteiger partial charge in [-0.2, -0.15) is 0 Å². The zero-order chi connectivity index (χ0) is 14.0. The molecule has 0 unspecified atom stereocenters. The summed E-state index contributed by atoms with van der Waals surface area (Å²) in [5.41, 5.74) is 0. The van der Waals surface area contributed by atoms with E-state index in [1.807, 2.05) is 0 Å². The van der Waals surface area contributed by atoms with Crippen molar-refractivity contribution >= 4 is 0 Å². The van der Waals surface area contributed by atoms with E-state index in [-0.39, 0.29) is 52.8 Å². The van der Waals surface area contributed by atoms with Gasteiger partial charge in [-0.15, -0.1) is 0 Å². The minimum absolute atomic E-state index is 0. The maximum absolute atomic E-state index is 2.41. The second kappa shape index (κ2) is 22.7. The van der Waals surface area contributed by atoms with E-state index < -0.39 is 0 Å². The van der Waals surface area contributed by atoms with E-state index >= 15 is 0 Å². The average molecular weight is 307 g/mol. The second-order valence-electron chi connectivity index (χ2n) is 5.94. The first-order chi connectivity index (χ1) is 9.41. The van der Waals surface area contributed by atoms with Crippen LogP contribution in [-0.4, -0.2) is 0 Å². The molecule has 20 heavy (non-hydrogen) atoms. The van der Waals surface area contributed by atoms with Gasteiger partial charge in [0.1, 0.15) is 0 Å². The summed E-state index contributed by atoms with van der Waals surface area (Å²) >= 11 is 0. The molecule has 0 N–H and O–H groups in total. The summed E-state index contributed by atoms with van der Waals surface area (Å²) in [5.74, 6) is 0. The van der Waals surface area contributed by atoms with Crippen LogP contribution < -0.4 is 51.4 Å². The Bertz CT molecular complexity index is 180. The van der Waals surface area contributed by atoms with Crippen LogP contribution >= 0.6 is 0 Å². The Morgan fingerprint density at radius 2 is 0.800 bits per heavy atom. The molecule has 0 bridgehead atoms. The Labute approximate surface area is 173 Å². The number of rotatable bonds is 15. The van der Waals surface area contributed by atoms with Crippen LogP contribution in [0.25, 0.3) is 0 Å². The predicted octanol–water partition coefficient (Wildman–Crippen LogP) is 4.55. The number of unbranched alkanes of at least 4 members (excludes halogenated alkanes) is 13. The summed E-state index contributed by atoms with van der Waals surface area (Å²) in [6, 6.07) is 0. The van der Waals surface area contributed by atoms with Crippen molar-refractivity contribution in [2.75, 3.05) is 0 Å². The SMILES string of the molecule is CCCCCCCC/C=C\CCCCCCCCC.[H-].[K+]. The molecule has 0 amide bonds. The average Bonchev–Trinajstić information content (AvgIpc) is 2.43. The molecule has 0 aliphatic heterocycles. The van der Waals surface area contributed by atoms with Crippen LogP contribution in [0.2, 0.25) is 0 Å². The molecule has 0 aliphatic rings. The Kier molecular flexibility index (Phi) is 26.8. The molecule has 0 saturated carbocycles. The normalized spacial score (nSPS) is 10.9. The standard InChI is InChI=1S/C19H38.K.H/c1-3-5-7-9-11-13-15-17-19-18-16-14-12-10-8-6-4-2;;/h17,19H,3-16,18H2,1-2H3;;/q;+1;-1/b19-17-;;. The molecule has 0 heterocycles. The molecule has 0 rings (SSSR count). The Morgan fingerprint density at radius 3 is 1.15 bits per heavy atom. The van der Waals surface area contributed by atoms with Crippen molar-refractivity contribution in [3.63, 3.8) is 0 Å². The van der Waals surface area contributed by atoms with Gasteiger partial charge in [-0.25, -0.2) is 0 Å². The molecule has 0 spiro atoms. The largest absolute Gasteiger partial charge is 1.00 e. The molecule has 0 aliphatic carbocycles. The van der Waals surface area contributed by atoms with Gasteiger partial charge >= 0.3 is 51.4 Å². The molecule has 0 atom stereocenters. The number of hydrogen-bond donors (Lipinski definition) is 0. The van der Waals surface area contributed by atoms with E-state index in [1.165, 1.54) is 96.3 Å². The van der Waals surface area contributed by atoms with Crippen LogP contribution in [0, 0.1) is 0 Å². The third kappa shape index (κ3) is 21.7. The maximum atomic E-state index is 2.41. The smallest absolute Gasteiger partial charge is 1.00 e. The van der Waals surface area contributed by atoms with Crippen molar-refractivity contribution in [1.29, 1.82) is 0 Å². The fourth-order valence-corrected chi connectivity index (χ4v) is 2.50. The first-order valence-corrected chi connectivity index (χ1v) is 9.06. The Morgan fingerprint density at radius 1 is 0.500 bits per heavy atom. The van der Waals surface area contributed by atoms with E-state index in [0.29, 0.717) is 0 Å². The van der Waals surface area contributed by atoms with Gasteiger partial charge in [0.25, 0.3) is 0 Å². The summed E-state index contributed by atoms with van der Waals surface area (Å²) in [6.45, 7) is 4.57. The molecule has 0 aromatic heterocycles. The monoisotopic (exact) mass is 306 g/mol. The third-order valence-corrected chi connectivity index (χ3v) is 3.87. The molecule has 0 radical (unpaired) electrons. The summed E-state index contributed by atoms with van der Waals surface area (Å²) in [6.07, 6.45) is 25.9. The number of hydrogen-bond acceptors (Lipinski definition) is 0. The zero-order valence-electron chi connectivity index (χ0n) is 15.8. The molecular weight excluding hydrogens is 267 g/mol. The Hall–Kier alpha value is 1.38. The van der Waals surface area contributed by atoms with Crippen molar-refractivity contribution in [2.24, 2.45) is 0 Å². The fourth-order valence-electron chi connectivity index (χ4n) is 2.50. The Balaban J connectivity index is -0.00000162. The number of allylic oxidation sites excluding steroid dienone is 2. The van der Waals surface area contributed by atoms with Crippen molar-refractivity contribution in [3.05, 3.63) is 12.2 Å². The topological polar surface area (TPSA) is 0 Å². The van der Waals surface area contributed by atoms with E-state index in [9.17, 15) is 0 Å². The molecule has 0 aromatic carbocycles. The predicted molar refractivity (Wildman–Crippen MR) is 90.9 cm³/mol. The van der Waals surface area contributed by atoms with Crippen LogP contribution in [0.15, 0.2) is 12.2 Å². The molecule has 0 nitrogen and oxygen atoms in total. The molecular formula is C19H39K. The minimum atomic E-state index is 0. The summed E-state index contributed by atoms with van der Waals surface area (Å²) in [5, 5.41) is 0. The molecule has 1 heteroatoms. The van der Waals surface area contributed by atoms with Gasteiger partial charge in [0.05, 0.1) is 0 Å². The summed E-state index contributed by atoms with van der Waals surface area (Å²) in [4.78, 5) is 0. The van der Waals surface area contributed by atoms with Crippen molar-refractivity contribution in [1.82, 2.24) is 0 Å². The van der Waals surface area contributed by atoms with Crippen molar-refractivity contribution in [3.8, 4) is 0 Å². The summed E-state index contributed by atoms with van der Waals surface area (Å²) in [7, 11) is 0. The second-order valence-corrected chi connectivity index (χ2v) is 5.94. The quantitative estimate of drug-likeness (QED) is 0.236. The minimum Gasteiger partial charge on any atom is -1.00 e.